The number of hydrogen-bond donors (Lipinski definition) is 1. The molecule has 0 radical (unpaired) electrons. The molecule has 16 heavy (non-hydrogen) atoms. The molecule has 0 aromatic carbocycles. The summed E-state index contributed by atoms with van der Waals surface area (Å²) in [5.41, 5.74) is 0.728. The second-order valence-electron chi connectivity index (χ2n) is 6.50. The SMILES string of the molecule is CCC1CNCCC12CCC(C(C)C)CC2. The standard InChI is InChI=1S/C15H29N/c1-4-14-11-16-10-9-15(14)7-5-13(6-8-15)12(2)3/h12-14,16H,4-11H2,1-3H3. The van der Waals surface area contributed by atoms with Gasteiger partial charge in [0.1, 0.15) is 0 Å². The fourth-order valence-corrected chi connectivity index (χ4v) is 4.15. The van der Waals surface area contributed by atoms with Crippen molar-refractivity contribution in [3.05, 3.63) is 0 Å². The molecule has 0 aromatic heterocycles. The van der Waals surface area contributed by atoms with Crippen molar-refractivity contribution in [2.45, 2.75) is 59.3 Å². The molecule has 1 saturated carbocycles. The van der Waals surface area contributed by atoms with Gasteiger partial charge in [-0.05, 0) is 68.4 Å². The van der Waals surface area contributed by atoms with Crippen LogP contribution in [-0.4, -0.2) is 13.1 Å². The lowest BCUT2D eigenvalue weighted by molar-refractivity contribution is 0.0298. The molecule has 1 nitrogen and oxygen atoms in total. The molecule has 1 heteroatoms. The Labute approximate surface area is 101 Å². The zero-order valence-corrected chi connectivity index (χ0v) is 11.4. The van der Waals surface area contributed by atoms with Gasteiger partial charge in [-0.2, -0.15) is 0 Å². The Hall–Kier alpha value is -0.0400. The van der Waals surface area contributed by atoms with Crippen molar-refractivity contribution in [3.8, 4) is 0 Å². The minimum atomic E-state index is 0.728. The van der Waals surface area contributed by atoms with Gasteiger partial charge >= 0.3 is 0 Å². The summed E-state index contributed by atoms with van der Waals surface area (Å²) in [6.45, 7) is 9.74. The largest absolute Gasteiger partial charge is 0.316 e. The van der Waals surface area contributed by atoms with Crippen LogP contribution in [0.1, 0.15) is 59.3 Å². The van der Waals surface area contributed by atoms with Gasteiger partial charge in [-0.1, -0.05) is 27.2 Å². The Balaban J connectivity index is 1.98. The molecule has 1 saturated heterocycles. The summed E-state index contributed by atoms with van der Waals surface area (Å²) >= 11 is 0. The van der Waals surface area contributed by atoms with Crippen molar-refractivity contribution < 1.29 is 0 Å². The first-order valence-electron chi connectivity index (χ1n) is 7.38. The van der Waals surface area contributed by atoms with Crippen molar-refractivity contribution in [1.82, 2.24) is 5.32 Å². The van der Waals surface area contributed by atoms with Crippen LogP contribution in [-0.2, 0) is 0 Å². The molecular formula is C15H29N. The third kappa shape index (κ3) is 2.30. The molecule has 1 N–H and O–H groups in total. The van der Waals surface area contributed by atoms with E-state index >= 15 is 0 Å². The van der Waals surface area contributed by atoms with E-state index in [0.717, 1.165) is 23.2 Å². The molecule has 0 amide bonds. The molecule has 1 heterocycles. The number of hydrogen-bond acceptors (Lipinski definition) is 1. The Kier molecular flexibility index (Phi) is 3.94. The lowest BCUT2D eigenvalue weighted by Crippen LogP contribution is -2.47. The molecular weight excluding hydrogens is 194 g/mol. The first-order valence-corrected chi connectivity index (χ1v) is 7.38. The van der Waals surface area contributed by atoms with Crippen molar-refractivity contribution in [2.75, 3.05) is 13.1 Å². The molecule has 2 rings (SSSR count). The molecule has 1 atom stereocenters. The van der Waals surface area contributed by atoms with Crippen LogP contribution in [0.3, 0.4) is 0 Å². The molecule has 2 aliphatic rings. The van der Waals surface area contributed by atoms with E-state index in [2.05, 4.69) is 26.1 Å². The topological polar surface area (TPSA) is 12.0 Å². The summed E-state index contributed by atoms with van der Waals surface area (Å²) in [6, 6.07) is 0. The van der Waals surface area contributed by atoms with Gasteiger partial charge in [0.25, 0.3) is 0 Å². The van der Waals surface area contributed by atoms with E-state index in [4.69, 9.17) is 0 Å². The van der Waals surface area contributed by atoms with E-state index in [9.17, 15) is 0 Å². The highest BCUT2D eigenvalue weighted by Crippen LogP contribution is 2.50. The molecule has 94 valence electrons. The van der Waals surface area contributed by atoms with Gasteiger partial charge in [-0.3, -0.25) is 0 Å². The molecule has 1 aliphatic heterocycles. The van der Waals surface area contributed by atoms with Gasteiger partial charge in [-0.15, -0.1) is 0 Å². The van der Waals surface area contributed by atoms with E-state index in [-0.39, 0.29) is 0 Å². The molecule has 1 aliphatic carbocycles. The van der Waals surface area contributed by atoms with E-state index in [1.807, 2.05) is 0 Å². The summed E-state index contributed by atoms with van der Waals surface area (Å²) in [5, 5.41) is 3.59. The van der Waals surface area contributed by atoms with Crippen LogP contribution < -0.4 is 5.32 Å². The minimum absolute atomic E-state index is 0.728. The van der Waals surface area contributed by atoms with Crippen molar-refractivity contribution in [2.24, 2.45) is 23.2 Å². The van der Waals surface area contributed by atoms with Gasteiger partial charge < -0.3 is 5.32 Å². The lowest BCUT2D eigenvalue weighted by atomic mass is 9.59. The normalized spacial score (nSPS) is 40.5. The highest BCUT2D eigenvalue weighted by molar-refractivity contribution is 4.94. The first kappa shape index (κ1) is 12.4. The van der Waals surface area contributed by atoms with Crippen LogP contribution in [0, 0.1) is 23.2 Å². The maximum Gasteiger partial charge on any atom is -0.00153 e. The summed E-state index contributed by atoms with van der Waals surface area (Å²) in [7, 11) is 0. The predicted octanol–water partition coefficient (Wildman–Crippen LogP) is 3.84. The summed E-state index contributed by atoms with van der Waals surface area (Å²) < 4.78 is 0. The number of piperidine rings is 1. The average molecular weight is 223 g/mol. The maximum absolute atomic E-state index is 3.59. The summed E-state index contributed by atoms with van der Waals surface area (Å²) in [4.78, 5) is 0. The van der Waals surface area contributed by atoms with Gasteiger partial charge in [0.2, 0.25) is 0 Å². The Morgan fingerprint density at radius 3 is 2.44 bits per heavy atom. The van der Waals surface area contributed by atoms with E-state index in [1.165, 1.54) is 51.6 Å². The Morgan fingerprint density at radius 2 is 1.88 bits per heavy atom. The zero-order valence-electron chi connectivity index (χ0n) is 11.4. The van der Waals surface area contributed by atoms with Gasteiger partial charge in [0, 0.05) is 0 Å². The molecule has 1 spiro atoms. The number of rotatable bonds is 2. The third-order valence-electron chi connectivity index (χ3n) is 5.52. The summed E-state index contributed by atoms with van der Waals surface area (Å²) in [6.07, 6.45) is 8.82. The predicted molar refractivity (Wildman–Crippen MR) is 70.5 cm³/mol. The smallest absolute Gasteiger partial charge is 0.00153 e. The maximum atomic E-state index is 3.59. The Bertz CT molecular complexity index is 213. The van der Waals surface area contributed by atoms with Gasteiger partial charge in [-0.25, -0.2) is 0 Å². The monoisotopic (exact) mass is 223 g/mol. The summed E-state index contributed by atoms with van der Waals surface area (Å²) in [5.74, 6) is 2.87. The van der Waals surface area contributed by atoms with Crippen molar-refractivity contribution >= 4 is 0 Å². The van der Waals surface area contributed by atoms with Crippen LogP contribution in [0.25, 0.3) is 0 Å². The lowest BCUT2D eigenvalue weighted by Gasteiger charge is -2.49. The quantitative estimate of drug-likeness (QED) is 0.750. The van der Waals surface area contributed by atoms with Crippen LogP contribution in [0.5, 0.6) is 0 Å². The van der Waals surface area contributed by atoms with Gasteiger partial charge in [0.15, 0.2) is 0 Å². The highest BCUT2D eigenvalue weighted by atomic mass is 14.9. The van der Waals surface area contributed by atoms with Crippen LogP contribution >= 0.6 is 0 Å². The van der Waals surface area contributed by atoms with Crippen LogP contribution in [0.4, 0.5) is 0 Å². The van der Waals surface area contributed by atoms with Crippen molar-refractivity contribution in [3.63, 3.8) is 0 Å². The second-order valence-corrected chi connectivity index (χ2v) is 6.50. The fourth-order valence-electron chi connectivity index (χ4n) is 4.15. The van der Waals surface area contributed by atoms with E-state index < -0.39 is 0 Å². The molecule has 0 aromatic rings. The Morgan fingerprint density at radius 1 is 1.19 bits per heavy atom. The van der Waals surface area contributed by atoms with Crippen LogP contribution in [0.15, 0.2) is 0 Å². The highest BCUT2D eigenvalue weighted by Gasteiger charge is 2.42. The average Bonchev–Trinajstić information content (AvgIpc) is 2.30. The minimum Gasteiger partial charge on any atom is -0.316 e. The van der Waals surface area contributed by atoms with E-state index in [0.29, 0.717) is 0 Å². The molecule has 0 bridgehead atoms. The van der Waals surface area contributed by atoms with Crippen molar-refractivity contribution in [1.29, 1.82) is 0 Å². The fraction of sp³-hybridized carbons (Fsp3) is 1.00. The third-order valence-corrected chi connectivity index (χ3v) is 5.52. The zero-order chi connectivity index (χ0) is 11.6. The van der Waals surface area contributed by atoms with Gasteiger partial charge in [0.05, 0.1) is 0 Å². The second kappa shape index (κ2) is 5.08. The first-order chi connectivity index (χ1) is 7.68. The van der Waals surface area contributed by atoms with Crippen LogP contribution in [0.2, 0.25) is 0 Å². The number of nitrogens with one attached hydrogen (secondary N) is 1. The molecule has 1 unspecified atom stereocenters. The molecule has 2 fully saturated rings. The van der Waals surface area contributed by atoms with E-state index in [1.54, 1.807) is 0 Å².